The predicted molar refractivity (Wildman–Crippen MR) is 324 cm³/mol. The van der Waals surface area contributed by atoms with Crippen LogP contribution in [0.2, 0.25) is 0 Å². The number of amides is 3. The van der Waals surface area contributed by atoms with Crippen molar-refractivity contribution < 1.29 is 54.6 Å². The summed E-state index contributed by atoms with van der Waals surface area (Å²) in [4.78, 5) is 54.7. The van der Waals surface area contributed by atoms with Crippen LogP contribution < -0.4 is 10.6 Å². The van der Waals surface area contributed by atoms with Gasteiger partial charge in [-0.2, -0.15) is 0 Å². The van der Waals surface area contributed by atoms with Gasteiger partial charge in [-0.15, -0.1) is 0 Å². The molecule has 0 aromatic heterocycles. The smallest absolute Gasteiger partial charge is 0.407 e. The summed E-state index contributed by atoms with van der Waals surface area (Å²) < 4.78 is 5.34. The Morgan fingerprint density at radius 3 is 1.54 bits per heavy atom. The van der Waals surface area contributed by atoms with Crippen molar-refractivity contribution in [1.82, 2.24) is 15.5 Å². The van der Waals surface area contributed by atoms with E-state index >= 15 is 0 Å². The van der Waals surface area contributed by atoms with Crippen molar-refractivity contribution in [2.45, 2.75) is 291 Å². The number of carbonyl (C=O) groups is 4. The van der Waals surface area contributed by atoms with Crippen LogP contribution in [-0.4, -0.2) is 128 Å². The number of unbranched alkanes of at least 4 members (excludes halogenated alkanes) is 6. The van der Waals surface area contributed by atoms with Crippen LogP contribution in [0.1, 0.15) is 249 Å². The second-order valence-electron chi connectivity index (χ2n) is 31.5. The Morgan fingerprint density at radius 2 is 1.00 bits per heavy atom. The van der Waals surface area contributed by atoms with E-state index in [1.165, 1.54) is 0 Å². The van der Waals surface area contributed by atoms with Gasteiger partial charge < -0.3 is 50.9 Å². The van der Waals surface area contributed by atoms with Crippen molar-refractivity contribution in [2.24, 2.45) is 92.7 Å². The van der Waals surface area contributed by atoms with E-state index in [2.05, 4.69) is 52.2 Å². The second kappa shape index (κ2) is 28.0. The number of rotatable bonds is 26. The van der Waals surface area contributed by atoms with Gasteiger partial charge in [0.05, 0.1) is 36.6 Å². The Labute approximate surface area is 501 Å². The lowest BCUT2D eigenvalue weighted by atomic mass is 9.43. The van der Waals surface area contributed by atoms with Crippen molar-refractivity contribution in [3.8, 4) is 0 Å². The highest BCUT2D eigenvalue weighted by molar-refractivity contribution is 5.78. The molecule has 8 fully saturated rings. The van der Waals surface area contributed by atoms with Gasteiger partial charge in [0.25, 0.3) is 0 Å². The number of aliphatic hydroxyl groups is 6. The number of ketones is 1. The SMILES string of the molecule is CC(CCC(=O)NCCCN(CCCCCC(=O)CCC(C)C1CC[C@H]2[C@H]3C(CC(O)C12C)C1(C)CC[C@@H](O)C[C@H]1C[C@@H]3O)C(=O)CCCCCCCNC(=O)OC(C)(C)C)C1CC[C@@H]2[C@H]3C(CC(O)C12C)C1(C)CC[C@H](O)C[C@@H]1C[C@H]3O. The number of Topliss-reactive ketones (excluding diaryl/α,β-unsaturated/α-hetero) is 1. The number of alkyl carbamates (subject to hydrolysis) is 1. The molecule has 83 heavy (non-hydrogen) atoms. The average molecular weight is 1170 g/mol. The lowest BCUT2D eigenvalue weighted by molar-refractivity contribution is -0.207. The molecule has 8 N–H and O–H groups in total. The Hall–Kier alpha value is -2.36. The van der Waals surface area contributed by atoms with Crippen molar-refractivity contribution in [3.05, 3.63) is 0 Å². The van der Waals surface area contributed by atoms with Crippen LogP contribution in [0.5, 0.6) is 0 Å². The lowest BCUT2D eigenvalue weighted by Gasteiger charge is -2.63. The minimum absolute atomic E-state index is 0.0141. The van der Waals surface area contributed by atoms with Crippen LogP contribution >= 0.6 is 0 Å². The highest BCUT2D eigenvalue weighted by Crippen LogP contribution is 2.70. The van der Waals surface area contributed by atoms with E-state index in [0.29, 0.717) is 76.5 Å². The van der Waals surface area contributed by atoms with Gasteiger partial charge in [-0.1, -0.05) is 67.2 Å². The molecular weight excluding hydrogens is 1050 g/mol. The monoisotopic (exact) mass is 1170 g/mol. The molecule has 22 atom stereocenters. The number of aliphatic hydroxyl groups excluding tert-OH is 6. The van der Waals surface area contributed by atoms with Crippen molar-refractivity contribution in [3.63, 3.8) is 0 Å². The lowest BCUT2D eigenvalue weighted by Crippen LogP contribution is -2.62. The highest BCUT2D eigenvalue weighted by atomic mass is 16.6. The number of hydrogen-bond donors (Lipinski definition) is 8. The van der Waals surface area contributed by atoms with Crippen LogP contribution in [0.4, 0.5) is 4.79 Å². The van der Waals surface area contributed by atoms with Gasteiger partial charge in [0.1, 0.15) is 11.4 Å². The summed E-state index contributed by atoms with van der Waals surface area (Å²) in [5.74, 6) is 3.47. The number of nitrogens with one attached hydrogen (secondary N) is 2. The van der Waals surface area contributed by atoms with Gasteiger partial charge in [0.15, 0.2) is 0 Å². The number of carbonyl (C=O) groups excluding carboxylic acids is 4. The van der Waals surface area contributed by atoms with E-state index in [1.807, 2.05) is 25.7 Å². The molecule has 0 saturated heterocycles. The average Bonchev–Trinajstić information content (AvgIpc) is 3.38. The number of ether oxygens (including phenoxy) is 1. The van der Waals surface area contributed by atoms with E-state index in [1.54, 1.807) is 0 Å². The Kier molecular flexibility index (Phi) is 22.5. The van der Waals surface area contributed by atoms with E-state index in [-0.39, 0.29) is 111 Å². The molecule has 8 rings (SSSR count). The normalized spacial score (nSPS) is 40.8. The van der Waals surface area contributed by atoms with Gasteiger partial charge in [-0.25, -0.2) is 4.79 Å². The first-order valence-corrected chi connectivity index (χ1v) is 34.3. The first kappa shape index (κ1) is 66.6. The molecule has 14 heteroatoms. The molecule has 8 aliphatic carbocycles. The summed E-state index contributed by atoms with van der Waals surface area (Å²) >= 11 is 0. The molecule has 3 amide bonds. The van der Waals surface area contributed by atoms with Crippen molar-refractivity contribution >= 4 is 23.7 Å². The Bertz CT molecular complexity index is 2160. The van der Waals surface area contributed by atoms with Gasteiger partial charge in [0.2, 0.25) is 11.8 Å². The maximum absolute atomic E-state index is 13.8. The van der Waals surface area contributed by atoms with E-state index in [4.69, 9.17) is 4.74 Å². The fourth-order valence-corrected chi connectivity index (χ4v) is 20.9. The number of hydrogen-bond acceptors (Lipinski definition) is 11. The third kappa shape index (κ3) is 14.7. The van der Waals surface area contributed by atoms with Gasteiger partial charge >= 0.3 is 6.09 Å². The molecule has 8 aliphatic rings. The van der Waals surface area contributed by atoms with Crippen LogP contribution in [0, 0.1) is 92.7 Å². The molecule has 0 aromatic carbocycles. The highest BCUT2D eigenvalue weighted by Gasteiger charge is 2.67. The van der Waals surface area contributed by atoms with Gasteiger partial charge in [-0.05, 0) is 248 Å². The first-order valence-electron chi connectivity index (χ1n) is 34.3. The largest absolute Gasteiger partial charge is 0.444 e. The third-order valence-electron chi connectivity index (χ3n) is 25.6. The van der Waals surface area contributed by atoms with E-state index in [9.17, 15) is 49.8 Å². The van der Waals surface area contributed by atoms with Crippen molar-refractivity contribution in [1.29, 1.82) is 0 Å². The summed E-state index contributed by atoms with van der Waals surface area (Å²) in [5, 5.41) is 74.6. The fourth-order valence-electron chi connectivity index (χ4n) is 20.9. The molecule has 476 valence electrons. The summed E-state index contributed by atoms with van der Waals surface area (Å²) in [6.07, 6.45) is 20.3. The Balaban J connectivity index is 0.760. The zero-order valence-corrected chi connectivity index (χ0v) is 53.4. The van der Waals surface area contributed by atoms with Crippen LogP contribution in [0.25, 0.3) is 0 Å². The maximum atomic E-state index is 13.8. The second-order valence-corrected chi connectivity index (χ2v) is 31.5. The fraction of sp³-hybridized carbons (Fsp3) is 0.942. The third-order valence-corrected chi connectivity index (χ3v) is 25.6. The Morgan fingerprint density at radius 1 is 0.530 bits per heavy atom. The summed E-state index contributed by atoms with van der Waals surface area (Å²) in [6, 6.07) is 0. The molecule has 14 nitrogen and oxygen atoms in total. The topological polar surface area (TPSA) is 226 Å². The van der Waals surface area contributed by atoms with Crippen LogP contribution in [0.3, 0.4) is 0 Å². The van der Waals surface area contributed by atoms with Crippen LogP contribution in [0.15, 0.2) is 0 Å². The molecule has 0 heterocycles. The molecule has 0 radical (unpaired) electrons. The molecule has 8 saturated carbocycles. The molecular formula is C69H119N3O11. The predicted octanol–water partition coefficient (Wildman–Crippen LogP) is 11.1. The van der Waals surface area contributed by atoms with E-state index < -0.39 is 36.1 Å². The standard InChI is InChI=1S/C69H119N3O11/c1-43(50-24-26-52-62-54(41-58(78)68(50,52)8)66(6)31-29-48(74)37-45(66)39-56(62)76)21-23-47(73)19-14-13-17-35-72(61(81)20-15-11-10-12-16-33-71-64(82)83-65(3,4)5)36-18-34-70-60(80)28-22-44(2)51-25-27-53-63-55(42-59(79)69(51,53)9)67(7)32-30-49(75)38-46(67)40-57(63)77/h43-46,48-59,62-63,74-79H,10-42H2,1-9H3,(H,70,80)(H,71,82)/t43?,44?,45-,46+,48+,49-,50?,51?,52-,53+,54?,55?,56-,57+,58?,59?,62-,63-,66?,67?,68?,69?/m0/s1. The molecule has 12 unspecified atom stereocenters. The first-order chi connectivity index (χ1) is 39.2. The number of fused-ring (bicyclic) bond motifs is 10. The number of nitrogens with zero attached hydrogens (tertiary/aromatic N) is 1. The summed E-state index contributed by atoms with van der Waals surface area (Å²) in [6.45, 7) is 21.6. The van der Waals surface area contributed by atoms with E-state index in [0.717, 1.165) is 148 Å². The van der Waals surface area contributed by atoms with Gasteiger partial charge in [0, 0.05) is 51.9 Å². The summed E-state index contributed by atoms with van der Waals surface area (Å²) in [7, 11) is 0. The molecule has 0 bridgehead atoms. The minimum atomic E-state index is -0.533. The minimum Gasteiger partial charge on any atom is -0.444 e. The zero-order chi connectivity index (χ0) is 60.2. The van der Waals surface area contributed by atoms with Crippen LogP contribution in [-0.2, 0) is 19.1 Å². The molecule has 0 spiro atoms. The van der Waals surface area contributed by atoms with Gasteiger partial charge in [-0.3, -0.25) is 14.4 Å². The maximum Gasteiger partial charge on any atom is 0.407 e. The molecule has 0 aliphatic heterocycles. The zero-order valence-electron chi connectivity index (χ0n) is 53.4. The molecule has 0 aromatic rings. The quantitative estimate of drug-likeness (QED) is 0.0380. The summed E-state index contributed by atoms with van der Waals surface area (Å²) in [5.41, 5.74) is -1.04. The van der Waals surface area contributed by atoms with Crippen molar-refractivity contribution in [2.75, 3.05) is 26.2 Å².